The molecule has 1 saturated carbocycles. The SMILES string of the molecule is COc1c(N2CCC(NC(C)=O)C(C)(C)C2)c(F)c(C2(N)CC2)c2c(=O)c(C(=O)O)c[nH]c12. The summed E-state index contributed by atoms with van der Waals surface area (Å²) >= 11 is 0. The second-order valence-corrected chi connectivity index (χ2v) is 9.77. The molecule has 9 nitrogen and oxygen atoms in total. The number of anilines is 1. The smallest absolute Gasteiger partial charge is 0.341 e. The summed E-state index contributed by atoms with van der Waals surface area (Å²) in [5.41, 5.74) is 4.13. The van der Waals surface area contributed by atoms with Crippen LogP contribution in [0.15, 0.2) is 11.0 Å². The number of ether oxygens (including phenoxy) is 1. The number of carbonyl (C=O) groups is 2. The average Bonchev–Trinajstić information content (AvgIpc) is 3.46. The molecule has 2 heterocycles. The number of piperidine rings is 1. The molecule has 1 saturated heterocycles. The molecule has 0 radical (unpaired) electrons. The van der Waals surface area contributed by atoms with Crippen LogP contribution in [0.4, 0.5) is 10.1 Å². The topological polar surface area (TPSA) is 138 Å². The Kier molecular flexibility index (Phi) is 5.39. The lowest BCUT2D eigenvalue weighted by Gasteiger charge is -2.45. The van der Waals surface area contributed by atoms with Gasteiger partial charge in [0.15, 0.2) is 11.6 Å². The molecule has 0 bridgehead atoms. The maximum atomic E-state index is 16.3. The predicted molar refractivity (Wildman–Crippen MR) is 121 cm³/mol. The van der Waals surface area contributed by atoms with Crippen LogP contribution in [0.5, 0.6) is 5.75 Å². The van der Waals surface area contributed by atoms with Gasteiger partial charge in [-0.2, -0.15) is 0 Å². The lowest BCUT2D eigenvalue weighted by atomic mass is 9.78. The lowest BCUT2D eigenvalue weighted by molar-refractivity contribution is -0.120. The molecule has 178 valence electrons. The van der Waals surface area contributed by atoms with E-state index in [0.717, 1.165) is 6.20 Å². The van der Waals surface area contributed by atoms with E-state index < -0.39 is 28.3 Å². The molecule has 1 unspecified atom stereocenters. The summed E-state index contributed by atoms with van der Waals surface area (Å²) in [6.07, 6.45) is 2.66. The number of pyridine rings is 1. The van der Waals surface area contributed by atoms with Gasteiger partial charge in [0.1, 0.15) is 11.3 Å². The van der Waals surface area contributed by atoms with Crippen LogP contribution < -0.4 is 26.1 Å². The number of hydrogen-bond donors (Lipinski definition) is 4. The van der Waals surface area contributed by atoms with Crippen LogP contribution in [0.2, 0.25) is 0 Å². The second-order valence-electron chi connectivity index (χ2n) is 9.77. The Hall–Kier alpha value is -3.14. The maximum Gasteiger partial charge on any atom is 0.341 e. The van der Waals surface area contributed by atoms with Crippen LogP contribution in [-0.2, 0) is 10.3 Å². The summed E-state index contributed by atoms with van der Waals surface area (Å²) < 4.78 is 21.9. The molecule has 4 rings (SSSR count). The van der Waals surface area contributed by atoms with Gasteiger partial charge in [-0.15, -0.1) is 0 Å². The number of amides is 1. The van der Waals surface area contributed by atoms with Crippen molar-refractivity contribution in [3.05, 3.63) is 33.4 Å². The van der Waals surface area contributed by atoms with E-state index in [1.165, 1.54) is 14.0 Å². The highest BCUT2D eigenvalue weighted by Gasteiger charge is 2.47. The zero-order chi connectivity index (χ0) is 24.3. The Labute approximate surface area is 190 Å². The average molecular weight is 461 g/mol. The quantitative estimate of drug-likeness (QED) is 0.536. The predicted octanol–water partition coefficient (Wildman–Crippen LogP) is 2.06. The molecule has 1 amide bonds. The van der Waals surface area contributed by atoms with Gasteiger partial charge in [-0.1, -0.05) is 13.8 Å². The van der Waals surface area contributed by atoms with E-state index in [9.17, 15) is 19.5 Å². The summed E-state index contributed by atoms with van der Waals surface area (Å²) in [4.78, 5) is 41.0. The van der Waals surface area contributed by atoms with E-state index in [-0.39, 0.29) is 45.3 Å². The molecule has 1 aliphatic heterocycles. The number of H-pyrrole nitrogens is 1. The number of methoxy groups -OCH3 is 1. The number of aromatic amines is 1. The van der Waals surface area contributed by atoms with E-state index in [1.807, 2.05) is 18.7 Å². The summed E-state index contributed by atoms with van der Waals surface area (Å²) in [5, 5.41) is 12.3. The number of hydrogen-bond acceptors (Lipinski definition) is 6. The largest absolute Gasteiger partial charge is 0.492 e. The van der Waals surface area contributed by atoms with Crippen molar-refractivity contribution in [1.82, 2.24) is 10.3 Å². The molecule has 2 aromatic rings. The fourth-order valence-corrected chi connectivity index (χ4v) is 4.95. The van der Waals surface area contributed by atoms with Gasteiger partial charge >= 0.3 is 5.97 Å². The number of nitrogens with zero attached hydrogens (tertiary/aromatic N) is 1. The lowest BCUT2D eigenvalue weighted by Crippen LogP contribution is -2.55. The minimum atomic E-state index is -1.41. The third-order valence-corrected chi connectivity index (χ3v) is 6.85. The van der Waals surface area contributed by atoms with E-state index in [4.69, 9.17) is 10.5 Å². The van der Waals surface area contributed by atoms with Gasteiger partial charge < -0.3 is 30.8 Å². The minimum Gasteiger partial charge on any atom is -0.492 e. The summed E-state index contributed by atoms with van der Waals surface area (Å²) in [6.45, 7) is 6.34. The monoisotopic (exact) mass is 460 g/mol. The second kappa shape index (κ2) is 7.72. The number of aromatic nitrogens is 1. The number of aromatic carboxylic acids is 1. The first kappa shape index (κ1) is 23.0. The van der Waals surface area contributed by atoms with Crippen molar-refractivity contribution in [2.24, 2.45) is 11.1 Å². The van der Waals surface area contributed by atoms with Gasteiger partial charge in [-0.05, 0) is 19.3 Å². The van der Waals surface area contributed by atoms with Crippen LogP contribution in [0.25, 0.3) is 10.9 Å². The number of halogens is 1. The fourth-order valence-electron chi connectivity index (χ4n) is 4.95. The van der Waals surface area contributed by atoms with Gasteiger partial charge in [-0.25, -0.2) is 9.18 Å². The van der Waals surface area contributed by atoms with E-state index >= 15 is 4.39 Å². The Balaban J connectivity index is 1.95. The Morgan fingerprint density at radius 3 is 2.55 bits per heavy atom. The highest BCUT2D eigenvalue weighted by molar-refractivity contribution is 5.99. The van der Waals surface area contributed by atoms with E-state index in [0.29, 0.717) is 32.4 Å². The first-order valence-corrected chi connectivity index (χ1v) is 10.9. The number of carboxylic acids is 1. The van der Waals surface area contributed by atoms with Gasteiger partial charge in [0, 0.05) is 48.8 Å². The van der Waals surface area contributed by atoms with Crippen molar-refractivity contribution >= 4 is 28.5 Å². The van der Waals surface area contributed by atoms with Crippen molar-refractivity contribution in [3.63, 3.8) is 0 Å². The van der Waals surface area contributed by atoms with Crippen molar-refractivity contribution < 1.29 is 23.8 Å². The normalized spacial score (nSPS) is 21.0. The van der Waals surface area contributed by atoms with Crippen molar-refractivity contribution in [2.75, 3.05) is 25.1 Å². The molecule has 1 aromatic carbocycles. The molecule has 1 atom stereocenters. The molecular weight excluding hydrogens is 431 g/mol. The molecule has 33 heavy (non-hydrogen) atoms. The Morgan fingerprint density at radius 1 is 1.36 bits per heavy atom. The van der Waals surface area contributed by atoms with Gasteiger partial charge in [0.25, 0.3) is 0 Å². The zero-order valence-electron chi connectivity index (χ0n) is 19.2. The maximum absolute atomic E-state index is 16.3. The van der Waals surface area contributed by atoms with Crippen molar-refractivity contribution in [3.8, 4) is 5.75 Å². The molecule has 10 heteroatoms. The minimum absolute atomic E-state index is 0.0273. The highest BCUT2D eigenvalue weighted by Crippen LogP contribution is 2.51. The van der Waals surface area contributed by atoms with E-state index in [1.54, 1.807) is 0 Å². The van der Waals surface area contributed by atoms with Gasteiger partial charge in [-0.3, -0.25) is 9.59 Å². The molecule has 2 aliphatic rings. The third kappa shape index (κ3) is 3.72. The number of benzene rings is 1. The molecule has 5 N–H and O–H groups in total. The third-order valence-electron chi connectivity index (χ3n) is 6.85. The summed E-state index contributed by atoms with van der Waals surface area (Å²) in [5.74, 6) is -2.07. The molecule has 2 fully saturated rings. The number of carboxylic acid groups (broad SMARTS) is 1. The Bertz CT molecular complexity index is 1220. The van der Waals surface area contributed by atoms with Crippen molar-refractivity contribution in [1.29, 1.82) is 0 Å². The number of rotatable bonds is 5. The molecule has 1 aliphatic carbocycles. The fraction of sp³-hybridized carbons (Fsp3) is 0.522. The number of nitrogens with one attached hydrogen (secondary N) is 2. The van der Waals surface area contributed by atoms with E-state index in [2.05, 4.69) is 10.3 Å². The number of carbonyl (C=O) groups excluding carboxylic acids is 1. The molecular formula is C23H29FN4O5. The van der Waals surface area contributed by atoms with Crippen molar-refractivity contribution in [2.45, 2.75) is 51.6 Å². The first-order chi connectivity index (χ1) is 15.4. The zero-order valence-corrected chi connectivity index (χ0v) is 19.2. The Morgan fingerprint density at radius 2 is 2.03 bits per heavy atom. The van der Waals surface area contributed by atoms with Crippen LogP contribution in [0, 0.1) is 11.2 Å². The van der Waals surface area contributed by atoms with Gasteiger partial charge in [0.05, 0.1) is 18.0 Å². The molecule has 0 spiro atoms. The standard InChI is InChI=1S/C23H29FN4O5/c1-11(29)27-13-5-8-28(10-22(13,2)3)18-16(24)15(23(25)6-7-23)14-17(20(18)33-4)26-9-12(19(14)30)21(31)32/h9,13H,5-8,10,25H2,1-4H3,(H,26,30)(H,27,29)(H,31,32). The van der Waals surface area contributed by atoms with Crippen LogP contribution in [-0.4, -0.2) is 48.2 Å². The summed E-state index contributed by atoms with van der Waals surface area (Å²) in [7, 11) is 1.38. The van der Waals surface area contributed by atoms with Crippen LogP contribution >= 0.6 is 0 Å². The van der Waals surface area contributed by atoms with Gasteiger partial charge in [0.2, 0.25) is 11.3 Å². The highest BCUT2D eigenvalue weighted by atomic mass is 19.1. The van der Waals surface area contributed by atoms with Crippen LogP contribution in [0.1, 0.15) is 56.0 Å². The number of fused-ring (bicyclic) bond motifs is 1. The van der Waals surface area contributed by atoms with Crippen LogP contribution in [0.3, 0.4) is 0 Å². The molecule has 1 aromatic heterocycles. The first-order valence-electron chi connectivity index (χ1n) is 10.9. The number of nitrogens with two attached hydrogens (primary N) is 1. The summed E-state index contributed by atoms with van der Waals surface area (Å²) in [6, 6.07) is -0.0811.